The molecule has 4 nitrogen and oxygen atoms in total. The van der Waals surface area contributed by atoms with Crippen LogP contribution in [0.4, 0.5) is 0 Å². The van der Waals surface area contributed by atoms with E-state index in [4.69, 9.17) is 0 Å². The number of nitrogens with zero attached hydrogens (tertiary/aromatic N) is 1. The molecule has 1 heterocycles. The second-order valence-corrected chi connectivity index (χ2v) is 8.41. The third-order valence-corrected chi connectivity index (χ3v) is 5.75. The Morgan fingerprint density at radius 1 is 0.931 bits per heavy atom. The zero-order valence-corrected chi connectivity index (χ0v) is 17.5. The lowest BCUT2D eigenvalue weighted by Crippen LogP contribution is -2.53. The summed E-state index contributed by atoms with van der Waals surface area (Å²) in [6.45, 7) is 5.53. The number of amides is 2. The van der Waals surface area contributed by atoms with Crippen LogP contribution in [0.1, 0.15) is 37.8 Å². The van der Waals surface area contributed by atoms with E-state index < -0.39 is 6.04 Å². The Kier molecular flexibility index (Phi) is 7.45. The van der Waals surface area contributed by atoms with Crippen LogP contribution in [-0.4, -0.2) is 35.8 Å². The number of hydrogen-bond acceptors (Lipinski definition) is 2. The Morgan fingerprint density at radius 2 is 1.48 bits per heavy atom. The van der Waals surface area contributed by atoms with Gasteiger partial charge in [0.25, 0.3) is 0 Å². The largest absolute Gasteiger partial charge is 0.344 e. The van der Waals surface area contributed by atoms with E-state index in [1.807, 2.05) is 55.1 Å². The van der Waals surface area contributed by atoms with Gasteiger partial charge in [0.15, 0.2) is 0 Å². The Balaban J connectivity index is 1.52. The second kappa shape index (κ2) is 10.2. The van der Waals surface area contributed by atoms with E-state index in [1.54, 1.807) is 0 Å². The number of nitrogens with one attached hydrogen (secondary N) is 1. The maximum absolute atomic E-state index is 13.1. The summed E-state index contributed by atoms with van der Waals surface area (Å²) in [5, 5.41) is 2.98. The molecule has 0 bridgehead atoms. The molecule has 2 aromatic rings. The molecule has 154 valence electrons. The minimum atomic E-state index is -0.461. The summed E-state index contributed by atoms with van der Waals surface area (Å²) in [6, 6.07) is 19.7. The third-order valence-electron chi connectivity index (χ3n) is 5.75. The number of rotatable bonds is 7. The normalized spacial score (nSPS) is 15.9. The topological polar surface area (TPSA) is 49.4 Å². The van der Waals surface area contributed by atoms with Crippen molar-refractivity contribution in [3.8, 4) is 0 Å². The molecule has 0 spiro atoms. The summed E-state index contributed by atoms with van der Waals surface area (Å²) in [5.74, 6) is 0.637. The van der Waals surface area contributed by atoms with Crippen LogP contribution in [-0.2, 0) is 22.4 Å². The average molecular weight is 393 g/mol. The van der Waals surface area contributed by atoms with Crippen molar-refractivity contribution in [2.45, 2.75) is 45.6 Å². The first-order chi connectivity index (χ1) is 14.0. The number of piperidine rings is 1. The van der Waals surface area contributed by atoms with Gasteiger partial charge in [-0.05, 0) is 42.2 Å². The predicted molar refractivity (Wildman–Crippen MR) is 116 cm³/mol. The van der Waals surface area contributed by atoms with Crippen LogP contribution in [0.3, 0.4) is 0 Å². The fraction of sp³-hybridized carbons (Fsp3) is 0.440. The maximum atomic E-state index is 13.1. The number of carbonyl (C=O) groups excluding carboxylic acids is 2. The molecule has 4 heteroatoms. The molecule has 2 amide bonds. The lowest BCUT2D eigenvalue weighted by molar-refractivity contribution is -0.138. The quantitative estimate of drug-likeness (QED) is 0.778. The van der Waals surface area contributed by atoms with Crippen LogP contribution >= 0.6 is 0 Å². The number of hydrogen-bond donors (Lipinski definition) is 1. The lowest BCUT2D eigenvalue weighted by Gasteiger charge is -2.35. The van der Waals surface area contributed by atoms with E-state index in [0.29, 0.717) is 12.3 Å². The monoisotopic (exact) mass is 392 g/mol. The predicted octanol–water partition coefficient (Wildman–Crippen LogP) is 3.85. The molecule has 0 saturated carbocycles. The van der Waals surface area contributed by atoms with Gasteiger partial charge in [-0.15, -0.1) is 0 Å². The smallest absolute Gasteiger partial charge is 0.245 e. The molecule has 3 rings (SSSR count). The second-order valence-electron chi connectivity index (χ2n) is 8.41. The van der Waals surface area contributed by atoms with Crippen molar-refractivity contribution in [1.29, 1.82) is 0 Å². The minimum Gasteiger partial charge on any atom is -0.344 e. The maximum Gasteiger partial charge on any atom is 0.245 e. The van der Waals surface area contributed by atoms with Crippen molar-refractivity contribution in [3.05, 3.63) is 71.8 Å². The van der Waals surface area contributed by atoms with E-state index in [9.17, 15) is 9.59 Å². The molecule has 1 aliphatic heterocycles. The molecular formula is C25H32N2O2. The molecule has 1 aliphatic rings. The molecule has 0 aromatic heterocycles. The SMILES string of the molecule is CC(C)[C@H](NC(=O)Cc1ccccc1)C(=O)N1CCC(Cc2ccccc2)CC1. The van der Waals surface area contributed by atoms with E-state index in [2.05, 4.69) is 29.6 Å². The van der Waals surface area contributed by atoms with Crippen LogP contribution < -0.4 is 5.32 Å². The standard InChI is InChI=1S/C25H32N2O2/c1-19(2)24(26-23(28)18-21-11-7-4-8-12-21)25(29)27-15-13-22(14-16-27)17-20-9-5-3-6-10-20/h3-12,19,22,24H,13-18H2,1-2H3,(H,26,28)/t24-/m0/s1. The molecule has 1 N–H and O–H groups in total. The van der Waals surface area contributed by atoms with Gasteiger partial charge < -0.3 is 10.2 Å². The van der Waals surface area contributed by atoms with E-state index in [1.165, 1.54) is 5.56 Å². The Morgan fingerprint density at radius 3 is 2.03 bits per heavy atom. The van der Waals surface area contributed by atoms with Gasteiger partial charge in [-0.2, -0.15) is 0 Å². The fourth-order valence-corrected chi connectivity index (χ4v) is 4.02. The summed E-state index contributed by atoms with van der Waals surface area (Å²) in [4.78, 5) is 27.5. The molecule has 1 fully saturated rings. The number of benzene rings is 2. The number of carbonyl (C=O) groups is 2. The average Bonchev–Trinajstić information content (AvgIpc) is 2.73. The molecule has 0 radical (unpaired) electrons. The minimum absolute atomic E-state index is 0.0552. The van der Waals surface area contributed by atoms with Gasteiger partial charge >= 0.3 is 0 Å². The summed E-state index contributed by atoms with van der Waals surface area (Å²) in [7, 11) is 0. The number of likely N-dealkylation sites (tertiary alicyclic amines) is 1. The van der Waals surface area contributed by atoms with Crippen molar-refractivity contribution in [1.82, 2.24) is 10.2 Å². The summed E-state index contributed by atoms with van der Waals surface area (Å²) in [6.07, 6.45) is 3.41. The zero-order chi connectivity index (χ0) is 20.6. The highest BCUT2D eigenvalue weighted by Crippen LogP contribution is 2.23. The van der Waals surface area contributed by atoms with Gasteiger partial charge in [0.2, 0.25) is 11.8 Å². The molecule has 1 saturated heterocycles. The van der Waals surface area contributed by atoms with E-state index in [-0.39, 0.29) is 17.7 Å². The van der Waals surface area contributed by atoms with Crippen molar-refractivity contribution in [3.63, 3.8) is 0 Å². The first-order valence-corrected chi connectivity index (χ1v) is 10.7. The Hall–Kier alpha value is -2.62. The molecule has 2 aromatic carbocycles. The van der Waals surface area contributed by atoms with Gasteiger partial charge in [-0.1, -0.05) is 74.5 Å². The molecule has 0 unspecified atom stereocenters. The molecule has 29 heavy (non-hydrogen) atoms. The van der Waals surface area contributed by atoms with Crippen molar-refractivity contribution in [2.75, 3.05) is 13.1 Å². The zero-order valence-electron chi connectivity index (χ0n) is 17.5. The lowest BCUT2D eigenvalue weighted by atomic mass is 9.89. The molecule has 1 atom stereocenters. The first-order valence-electron chi connectivity index (χ1n) is 10.7. The summed E-state index contributed by atoms with van der Waals surface area (Å²) < 4.78 is 0. The summed E-state index contributed by atoms with van der Waals surface area (Å²) in [5.41, 5.74) is 2.33. The van der Waals surface area contributed by atoms with Crippen LogP contribution in [0.25, 0.3) is 0 Å². The van der Waals surface area contributed by atoms with Gasteiger partial charge in [0.1, 0.15) is 6.04 Å². The third kappa shape index (κ3) is 6.18. The highest BCUT2D eigenvalue weighted by atomic mass is 16.2. The highest BCUT2D eigenvalue weighted by molar-refractivity contribution is 5.88. The van der Waals surface area contributed by atoms with Crippen molar-refractivity contribution >= 4 is 11.8 Å². The fourth-order valence-electron chi connectivity index (χ4n) is 4.02. The van der Waals surface area contributed by atoms with E-state index >= 15 is 0 Å². The Labute approximate surface area is 174 Å². The van der Waals surface area contributed by atoms with Crippen molar-refractivity contribution < 1.29 is 9.59 Å². The highest BCUT2D eigenvalue weighted by Gasteiger charge is 2.31. The first kappa shape index (κ1) is 21.1. The van der Waals surface area contributed by atoms with E-state index in [0.717, 1.165) is 37.9 Å². The van der Waals surface area contributed by atoms with Crippen LogP contribution in [0, 0.1) is 11.8 Å². The Bertz CT molecular complexity index is 781. The van der Waals surface area contributed by atoms with Gasteiger partial charge in [-0.3, -0.25) is 9.59 Å². The van der Waals surface area contributed by atoms with Gasteiger partial charge in [0, 0.05) is 13.1 Å². The van der Waals surface area contributed by atoms with Gasteiger partial charge in [0.05, 0.1) is 6.42 Å². The van der Waals surface area contributed by atoms with Crippen LogP contribution in [0.15, 0.2) is 60.7 Å². The molecule has 0 aliphatic carbocycles. The van der Waals surface area contributed by atoms with Crippen LogP contribution in [0.5, 0.6) is 0 Å². The van der Waals surface area contributed by atoms with Crippen LogP contribution in [0.2, 0.25) is 0 Å². The van der Waals surface area contributed by atoms with Crippen molar-refractivity contribution in [2.24, 2.45) is 11.8 Å². The summed E-state index contributed by atoms with van der Waals surface area (Å²) >= 11 is 0. The molecular weight excluding hydrogens is 360 g/mol. The van der Waals surface area contributed by atoms with Gasteiger partial charge in [-0.25, -0.2) is 0 Å².